The Balaban J connectivity index is 4.36. The molecule has 0 aromatic heterocycles. The van der Waals surface area contributed by atoms with E-state index < -0.39 is 5.97 Å². The van der Waals surface area contributed by atoms with E-state index >= 15 is 0 Å². The first-order chi connectivity index (χ1) is 7.40. The Morgan fingerprint density at radius 3 is 2.25 bits per heavy atom. The third-order valence-corrected chi connectivity index (χ3v) is 2.59. The second-order valence-electron chi connectivity index (χ2n) is 4.07. The maximum atomic E-state index is 11.6. The lowest BCUT2D eigenvalue weighted by atomic mass is 10.1. The average molecular weight is 227 g/mol. The number of aliphatic carboxylic acids is 1. The lowest BCUT2D eigenvalue weighted by Gasteiger charge is -2.14. The Bertz CT molecular complexity index is 295. The number of hydrogen-bond acceptors (Lipinski definition) is 2. The second kappa shape index (κ2) is 7.04. The third kappa shape index (κ3) is 4.96. The maximum Gasteiger partial charge on any atom is 0.331 e. The summed E-state index contributed by atoms with van der Waals surface area (Å²) in [4.78, 5) is 22.3. The smallest absolute Gasteiger partial charge is 0.331 e. The van der Waals surface area contributed by atoms with Crippen LogP contribution in [0.15, 0.2) is 11.1 Å². The van der Waals surface area contributed by atoms with E-state index in [4.69, 9.17) is 5.11 Å². The number of carbonyl (C=O) groups excluding carboxylic acids is 1. The van der Waals surface area contributed by atoms with Crippen LogP contribution in [0.3, 0.4) is 0 Å². The van der Waals surface area contributed by atoms with Crippen LogP contribution < -0.4 is 5.32 Å². The van der Waals surface area contributed by atoms with Crippen molar-refractivity contribution in [3.05, 3.63) is 11.1 Å². The fourth-order valence-electron chi connectivity index (χ4n) is 1.25. The molecule has 0 saturated heterocycles. The molecule has 0 aliphatic heterocycles. The number of carbonyl (C=O) groups is 2. The lowest BCUT2D eigenvalue weighted by molar-refractivity contribution is -0.133. The van der Waals surface area contributed by atoms with E-state index in [1.807, 2.05) is 6.92 Å². The van der Waals surface area contributed by atoms with Gasteiger partial charge in [0.15, 0.2) is 0 Å². The van der Waals surface area contributed by atoms with E-state index in [0.717, 1.165) is 19.3 Å². The van der Waals surface area contributed by atoms with Crippen molar-refractivity contribution in [1.82, 2.24) is 5.32 Å². The molecule has 0 aromatic carbocycles. The first kappa shape index (κ1) is 14.7. The molecule has 0 heterocycles. The summed E-state index contributed by atoms with van der Waals surface area (Å²) in [6, 6.07) is 0.0870. The quantitative estimate of drug-likeness (QED) is 0.683. The summed E-state index contributed by atoms with van der Waals surface area (Å²) in [5.41, 5.74) is 0.371. The van der Waals surface area contributed by atoms with E-state index in [-0.39, 0.29) is 23.1 Å². The van der Waals surface area contributed by atoms with Crippen LogP contribution in [0.5, 0.6) is 0 Å². The van der Waals surface area contributed by atoms with E-state index in [1.54, 1.807) is 0 Å². The molecule has 0 fully saturated rings. The summed E-state index contributed by atoms with van der Waals surface area (Å²) in [7, 11) is 0. The molecular formula is C12H21NO3. The van der Waals surface area contributed by atoms with Gasteiger partial charge in [0.25, 0.3) is 0 Å². The number of rotatable bonds is 6. The highest BCUT2D eigenvalue weighted by molar-refractivity contribution is 6.01. The van der Waals surface area contributed by atoms with E-state index in [1.165, 1.54) is 13.8 Å². The summed E-state index contributed by atoms with van der Waals surface area (Å²) in [5.74, 6) is -1.34. The molecule has 0 aliphatic carbocycles. The molecule has 0 rings (SSSR count). The molecule has 0 radical (unpaired) electrons. The summed E-state index contributed by atoms with van der Waals surface area (Å²) < 4.78 is 0. The van der Waals surface area contributed by atoms with Crippen molar-refractivity contribution in [3.63, 3.8) is 0 Å². The van der Waals surface area contributed by atoms with Gasteiger partial charge >= 0.3 is 5.97 Å². The van der Waals surface area contributed by atoms with Gasteiger partial charge in [-0.15, -0.1) is 0 Å². The third-order valence-electron chi connectivity index (χ3n) is 2.59. The zero-order chi connectivity index (χ0) is 12.7. The minimum atomic E-state index is -1.05. The molecule has 0 aromatic rings. The molecule has 0 spiro atoms. The number of nitrogens with one attached hydrogen (secondary N) is 1. The average Bonchev–Trinajstić information content (AvgIpc) is 2.23. The van der Waals surface area contributed by atoms with Gasteiger partial charge in [-0.25, -0.2) is 4.79 Å². The molecule has 2 N–H and O–H groups in total. The van der Waals surface area contributed by atoms with Gasteiger partial charge in [0, 0.05) is 17.2 Å². The van der Waals surface area contributed by atoms with E-state index in [9.17, 15) is 9.59 Å². The molecule has 0 saturated carbocycles. The van der Waals surface area contributed by atoms with Gasteiger partial charge in [0.1, 0.15) is 0 Å². The van der Waals surface area contributed by atoms with Crippen LogP contribution in [0, 0.1) is 0 Å². The summed E-state index contributed by atoms with van der Waals surface area (Å²) in [6.07, 6.45) is 3.06. The Labute approximate surface area is 96.7 Å². The van der Waals surface area contributed by atoms with Gasteiger partial charge in [-0.05, 0) is 27.2 Å². The van der Waals surface area contributed by atoms with Crippen molar-refractivity contribution in [2.45, 2.75) is 53.0 Å². The van der Waals surface area contributed by atoms with Crippen molar-refractivity contribution in [1.29, 1.82) is 0 Å². The Morgan fingerprint density at radius 1 is 1.25 bits per heavy atom. The van der Waals surface area contributed by atoms with E-state index in [0.29, 0.717) is 0 Å². The lowest BCUT2D eigenvalue weighted by Crippen LogP contribution is -2.33. The van der Waals surface area contributed by atoms with Gasteiger partial charge in [-0.1, -0.05) is 19.8 Å². The van der Waals surface area contributed by atoms with Crippen LogP contribution in [-0.2, 0) is 9.59 Å². The molecule has 4 nitrogen and oxygen atoms in total. The topological polar surface area (TPSA) is 66.4 Å². The van der Waals surface area contributed by atoms with Crippen LogP contribution in [0.2, 0.25) is 0 Å². The van der Waals surface area contributed by atoms with Gasteiger partial charge < -0.3 is 10.4 Å². The Morgan fingerprint density at radius 2 is 1.81 bits per heavy atom. The van der Waals surface area contributed by atoms with Gasteiger partial charge in [0.2, 0.25) is 5.91 Å². The molecule has 1 unspecified atom stereocenters. The minimum absolute atomic E-state index is 0.0870. The number of carboxylic acid groups (broad SMARTS) is 1. The van der Waals surface area contributed by atoms with E-state index in [2.05, 4.69) is 12.2 Å². The Kier molecular flexibility index (Phi) is 6.46. The van der Waals surface area contributed by atoms with Crippen LogP contribution >= 0.6 is 0 Å². The SMILES string of the molecule is CCCCC(C)NC(=O)C(C)=C(C)C(=O)O. The van der Waals surface area contributed by atoms with Gasteiger partial charge in [0.05, 0.1) is 0 Å². The number of carboxylic acids is 1. The minimum Gasteiger partial charge on any atom is -0.478 e. The molecule has 0 bridgehead atoms. The zero-order valence-corrected chi connectivity index (χ0v) is 10.5. The van der Waals surface area contributed by atoms with Gasteiger partial charge in [-0.2, -0.15) is 0 Å². The summed E-state index contributed by atoms with van der Waals surface area (Å²) in [6.45, 7) is 6.99. The normalized spacial score (nSPS) is 14.0. The van der Waals surface area contributed by atoms with Crippen molar-refractivity contribution in [2.75, 3.05) is 0 Å². The molecule has 1 atom stereocenters. The second-order valence-corrected chi connectivity index (χ2v) is 4.07. The van der Waals surface area contributed by atoms with Crippen LogP contribution in [0.25, 0.3) is 0 Å². The molecule has 0 aliphatic rings. The van der Waals surface area contributed by atoms with Crippen molar-refractivity contribution >= 4 is 11.9 Å². The molecule has 4 heteroatoms. The van der Waals surface area contributed by atoms with Crippen LogP contribution in [-0.4, -0.2) is 23.0 Å². The zero-order valence-electron chi connectivity index (χ0n) is 10.5. The largest absolute Gasteiger partial charge is 0.478 e. The molecule has 16 heavy (non-hydrogen) atoms. The van der Waals surface area contributed by atoms with Crippen molar-refractivity contribution in [3.8, 4) is 0 Å². The number of unbranched alkanes of at least 4 members (excludes halogenated alkanes) is 1. The molecule has 1 amide bonds. The molecular weight excluding hydrogens is 206 g/mol. The predicted molar refractivity (Wildman–Crippen MR) is 63.1 cm³/mol. The van der Waals surface area contributed by atoms with Crippen molar-refractivity contribution in [2.24, 2.45) is 0 Å². The summed E-state index contributed by atoms with van der Waals surface area (Å²) in [5, 5.41) is 11.5. The highest BCUT2D eigenvalue weighted by Gasteiger charge is 2.14. The highest BCUT2D eigenvalue weighted by Crippen LogP contribution is 2.05. The van der Waals surface area contributed by atoms with Crippen molar-refractivity contribution < 1.29 is 14.7 Å². The fraction of sp³-hybridized carbons (Fsp3) is 0.667. The number of hydrogen-bond donors (Lipinski definition) is 2. The maximum absolute atomic E-state index is 11.6. The fourth-order valence-corrected chi connectivity index (χ4v) is 1.25. The van der Waals surface area contributed by atoms with Crippen LogP contribution in [0.4, 0.5) is 0 Å². The highest BCUT2D eigenvalue weighted by atomic mass is 16.4. The van der Waals surface area contributed by atoms with Crippen LogP contribution in [0.1, 0.15) is 47.0 Å². The number of amides is 1. The predicted octanol–water partition coefficient (Wildman–Crippen LogP) is 2.10. The first-order valence-electron chi connectivity index (χ1n) is 5.61. The Hall–Kier alpha value is -1.32. The van der Waals surface area contributed by atoms with Gasteiger partial charge in [-0.3, -0.25) is 4.79 Å². The summed E-state index contributed by atoms with van der Waals surface area (Å²) >= 11 is 0. The first-order valence-corrected chi connectivity index (χ1v) is 5.61. The molecule has 92 valence electrons. The standard InChI is InChI=1S/C12H21NO3/c1-5-6-7-8(2)13-11(14)9(3)10(4)12(15)16/h8H,5-7H2,1-4H3,(H,13,14)(H,15,16). The monoisotopic (exact) mass is 227 g/mol.